The molecule has 0 aromatic carbocycles. The summed E-state index contributed by atoms with van der Waals surface area (Å²) in [6, 6.07) is 1.21. The number of hydrogen-bond acceptors (Lipinski definition) is 2. The highest BCUT2D eigenvalue weighted by Crippen LogP contribution is 2.26. The van der Waals surface area contributed by atoms with Crippen molar-refractivity contribution in [1.29, 1.82) is 0 Å². The Hall–Kier alpha value is -1.79. The summed E-state index contributed by atoms with van der Waals surface area (Å²) >= 11 is 0. The van der Waals surface area contributed by atoms with Gasteiger partial charge in [0.05, 0.1) is 0 Å². The van der Waals surface area contributed by atoms with Gasteiger partial charge < -0.3 is 9.67 Å². The third-order valence-corrected chi connectivity index (χ3v) is 1.83. The lowest BCUT2D eigenvalue weighted by molar-refractivity contribution is -0.138. The number of halogens is 3. The molecular weight excluding hydrogens is 215 g/mol. The van der Waals surface area contributed by atoms with Gasteiger partial charge in [0.2, 0.25) is 0 Å². The summed E-state index contributed by atoms with van der Waals surface area (Å²) in [6.07, 6.45) is -4.77. The zero-order valence-electron chi connectivity index (χ0n) is 7.50. The van der Waals surface area contributed by atoms with E-state index in [9.17, 15) is 22.8 Å². The van der Waals surface area contributed by atoms with E-state index in [1.54, 1.807) is 0 Å². The fraction of sp³-hybridized carbons (Fsp3) is 0.250. The van der Waals surface area contributed by atoms with Gasteiger partial charge in [0.15, 0.2) is 0 Å². The summed E-state index contributed by atoms with van der Waals surface area (Å²) in [5, 5.41) is 8.54. The molecule has 0 bridgehead atoms. The van der Waals surface area contributed by atoms with Crippen molar-refractivity contribution in [3.05, 3.63) is 33.7 Å². The number of aromatic carboxylic acids is 1. The SMILES string of the molecule is Cn1c(C(=O)O)ccc(C(F)(F)F)c1=O. The molecule has 7 heteroatoms. The van der Waals surface area contributed by atoms with Crippen molar-refractivity contribution in [3.63, 3.8) is 0 Å². The van der Waals surface area contributed by atoms with E-state index in [0.717, 1.165) is 13.1 Å². The molecule has 1 N–H and O–H groups in total. The number of pyridine rings is 1. The molecule has 0 spiro atoms. The van der Waals surface area contributed by atoms with Gasteiger partial charge in [-0.25, -0.2) is 4.79 Å². The van der Waals surface area contributed by atoms with Gasteiger partial charge in [-0.15, -0.1) is 0 Å². The number of nitrogens with zero attached hydrogens (tertiary/aromatic N) is 1. The van der Waals surface area contributed by atoms with Crippen LogP contribution in [0.25, 0.3) is 0 Å². The third-order valence-electron chi connectivity index (χ3n) is 1.83. The predicted octanol–water partition coefficient (Wildman–Crippen LogP) is 1.10. The maximum Gasteiger partial charge on any atom is 0.421 e. The Morgan fingerprint density at radius 3 is 2.33 bits per heavy atom. The highest BCUT2D eigenvalue weighted by Gasteiger charge is 2.34. The molecule has 0 fully saturated rings. The second kappa shape index (κ2) is 3.41. The van der Waals surface area contributed by atoms with Crippen LogP contribution in [0, 0.1) is 0 Å². The van der Waals surface area contributed by atoms with Crippen LogP contribution >= 0.6 is 0 Å². The smallest absolute Gasteiger partial charge is 0.421 e. The summed E-state index contributed by atoms with van der Waals surface area (Å²) in [4.78, 5) is 21.6. The van der Waals surface area contributed by atoms with E-state index in [0.29, 0.717) is 10.6 Å². The number of alkyl halides is 3. The Kier molecular flexibility index (Phi) is 2.57. The summed E-state index contributed by atoms with van der Waals surface area (Å²) in [5.41, 5.74) is -3.24. The molecule has 1 heterocycles. The number of hydrogen-bond donors (Lipinski definition) is 1. The molecule has 0 saturated carbocycles. The van der Waals surface area contributed by atoms with Crippen molar-refractivity contribution < 1.29 is 23.1 Å². The lowest BCUT2D eigenvalue weighted by Crippen LogP contribution is -2.30. The number of aromatic nitrogens is 1. The van der Waals surface area contributed by atoms with Gasteiger partial charge in [-0.3, -0.25) is 4.79 Å². The van der Waals surface area contributed by atoms with Gasteiger partial charge in [0.1, 0.15) is 11.3 Å². The highest BCUT2D eigenvalue weighted by molar-refractivity contribution is 5.85. The summed E-state index contributed by atoms with van der Waals surface area (Å²) in [5.74, 6) is -1.46. The first-order valence-electron chi connectivity index (χ1n) is 3.75. The average Bonchev–Trinajstić information content (AvgIpc) is 2.06. The Morgan fingerprint density at radius 1 is 1.40 bits per heavy atom. The van der Waals surface area contributed by atoms with Crippen molar-refractivity contribution in [3.8, 4) is 0 Å². The Morgan fingerprint density at radius 2 is 1.93 bits per heavy atom. The first kappa shape index (κ1) is 11.3. The van der Waals surface area contributed by atoms with Crippen LogP contribution in [-0.2, 0) is 13.2 Å². The predicted molar refractivity (Wildman–Crippen MR) is 43.6 cm³/mol. The van der Waals surface area contributed by atoms with E-state index in [4.69, 9.17) is 5.11 Å². The molecule has 0 unspecified atom stereocenters. The van der Waals surface area contributed by atoms with Crippen molar-refractivity contribution in [2.75, 3.05) is 0 Å². The molecule has 0 aliphatic heterocycles. The van der Waals surface area contributed by atoms with Crippen LogP contribution in [0.1, 0.15) is 16.1 Å². The Balaban J connectivity index is 3.48. The van der Waals surface area contributed by atoms with Crippen LogP contribution in [0.2, 0.25) is 0 Å². The van der Waals surface area contributed by atoms with Crippen molar-refractivity contribution in [1.82, 2.24) is 4.57 Å². The fourth-order valence-corrected chi connectivity index (χ4v) is 1.07. The first-order chi connectivity index (χ1) is 6.75. The molecule has 1 aromatic rings. The topological polar surface area (TPSA) is 59.3 Å². The lowest BCUT2D eigenvalue weighted by Gasteiger charge is -2.09. The standard InChI is InChI=1S/C8H6F3NO3/c1-12-5(7(14)15)3-2-4(6(12)13)8(9,10)11/h2-3H,1H3,(H,14,15). The molecule has 0 saturated heterocycles. The van der Waals surface area contributed by atoms with Gasteiger partial charge in [0, 0.05) is 7.05 Å². The van der Waals surface area contributed by atoms with Gasteiger partial charge in [-0.2, -0.15) is 13.2 Å². The quantitative estimate of drug-likeness (QED) is 0.772. The van der Waals surface area contributed by atoms with E-state index in [1.807, 2.05) is 0 Å². The molecule has 1 aromatic heterocycles. The van der Waals surface area contributed by atoms with E-state index >= 15 is 0 Å². The largest absolute Gasteiger partial charge is 0.477 e. The van der Waals surface area contributed by atoms with E-state index < -0.39 is 29.0 Å². The van der Waals surface area contributed by atoms with Gasteiger partial charge in [-0.1, -0.05) is 0 Å². The van der Waals surface area contributed by atoms with Crippen molar-refractivity contribution in [2.24, 2.45) is 7.05 Å². The van der Waals surface area contributed by atoms with E-state index in [-0.39, 0.29) is 0 Å². The third kappa shape index (κ3) is 2.00. The zero-order valence-corrected chi connectivity index (χ0v) is 7.50. The van der Waals surface area contributed by atoms with Crippen LogP contribution in [0.4, 0.5) is 13.2 Å². The molecule has 0 radical (unpaired) electrons. The molecule has 0 aliphatic carbocycles. The minimum absolute atomic E-state index is 0.450. The van der Waals surface area contributed by atoms with Crippen molar-refractivity contribution in [2.45, 2.75) is 6.18 Å². The van der Waals surface area contributed by atoms with Gasteiger partial charge in [0.25, 0.3) is 5.56 Å². The van der Waals surface area contributed by atoms with Crippen LogP contribution in [0.5, 0.6) is 0 Å². The number of carboxylic acid groups (broad SMARTS) is 1. The summed E-state index contributed by atoms with van der Waals surface area (Å²) in [7, 11) is 0.973. The second-order valence-corrected chi connectivity index (χ2v) is 2.80. The summed E-state index contributed by atoms with van der Waals surface area (Å²) in [6.45, 7) is 0. The molecule has 1 rings (SSSR count). The number of carboxylic acids is 1. The normalized spacial score (nSPS) is 11.5. The fourth-order valence-electron chi connectivity index (χ4n) is 1.07. The zero-order chi connectivity index (χ0) is 11.8. The first-order valence-corrected chi connectivity index (χ1v) is 3.75. The average molecular weight is 221 g/mol. The summed E-state index contributed by atoms with van der Waals surface area (Å²) < 4.78 is 37.1. The maximum atomic E-state index is 12.2. The highest BCUT2D eigenvalue weighted by atomic mass is 19.4. The Bertz CT molecular complexity index is 461. The second-order valence-electron chi connectivity index (χ2n) is 2.80. The Labute approximate surface area is 81.6 Å². The minimum Gasteiger partial charge on any atom is -0.477 e. The molecule has 0 atom stereocenters. The van der Waals surface area contributed by atoms with E-state index in [1.165, 1.54) is 0 Å². The minimum atomic E-state index is -4.77. The monoisotopic (exact) mass is 221 g/mol. The van der Waals surface area contributed by atoms with Crippen LogP contribution in [-0.4, -0.2) is 15.6 Å². The molecular formula is C8H6F3NO3. The van der Waals surface area contributed by atoms with Crippen molar-refractivity contribution >= 4 is 5.97 Å². The molecule has 4 nitrogen and oxygen atoms in total. The van der Waals surface area contributed by atoms with Crippen LogP contribution in [0.3, 0.4) is 0 Å². The van der Waals surface area contributed by atoms with Crippen LogP contribution in [0.15, 0.2) is 16.9 Å². The molecule has 82 valence electrons. The molecule has 15 heavy (non-hydrogen) atoms. The van der Waals surface area contributed by atoms with Gasteiger partial charge in [-0.05, 0) is 12.1 Å². The number of carbonyl (C=O) groups is 1. The molecule has 0 aliphatic rings. The number of rotatable bonds is 1. The van der Waals surface area contributed by atoms with E-state index in [2.05, 4.69) is 0 Å². The lowest BCUT2D eigenvalue weighted by atomic mass is 10.2. The van der Waals surface area contributed by atoms with Crippen LogP contribution < -0.4 is 5.56 Å². The van der Waals surface area contributed by atoms with Gasteiger partial charge >= 0.3 is 12.1 Å². The maximum absolute atomic E-state index is 12.2. The molecule has 0 amide bonds.